The summed E-state index contributed by atoms with van der Waals surface area (Å²) in [4.78, 5) is 25.4. The first kappa shape index (κ1) is 30.3. The lowest BCUT2D eigenvalue weighted by molar-refractivity contribution is -0.149. The monoisotopic (exact) mass is 634 g/mol. The lowest BCUT2D eigenvalue weighted by Gasteiger charge is -2.25. The Hall–Kier alpha value is -3.69. The van der Waals surface area contributed by atoms with Gasteiger partial charge in [0, 0.05) is 18.4 Å². The zero-order valence-electron chi connectivity index (χ0n) is 24.8. The summed E-state index contributed by atoms with van der Waals surface area (Å²) < 4.78 is 55.2. The van der Waals surface area contributed by atoms with Gasteiger partial charge in [-0.25, -0.2) is 9.55 Å². The number of ether oxygens (including phenoxy) is 5. The molecule has 0 amide bonds. The molecule has 238 valence electrons. The van der Waals surface area contributed by atoms with Crippen LogP contribution in [0.15, 0.2) is 24.5 Å². The highest BCUT2D eigenvalue weighted by molar-refractivity contribution is 7.52. The van der Waals surface area contributed by atoms with Gasteiger partial charge in [-0.2, -0.15) is 15.1 Å². The molecule has 16 nitrogen and oxygen atoms in total. The number of nitrogens with two attached hydrogens (primary N) is 1. The number of hydrogen-bond acceptors (Lipinski definition) is 14. The van der Waals surface area contributed by atoms with Crippen LogP contribution in [0.25, 0.3) is 11.2 Å². The summed E-state index contributed by atoms with van der Waals surface area (Å²) in [5.41, 5.74) is 6.05. The number of hydrogen-bond donors (Lipinski definition) is 3. The number of esters is 1. The SMILES string of the molecule is COc1nc(N)nc2c1ncn2[C@H]1CC12OC(CO[P@](=O)(N[C@@H](C)C(=O)OC(C)C)Oc1ccc3c(c1)OCO3)[C@@H](O)[C@H]2C. The van der Waals surface area contributed by atoms with E-state index in [4.69, 9.17) is 38.5 Å². The number of imidazole rings is 1. The van der Waals surface area contributed by atoms with E-state index >= 15 is 0 Å². The Kier molecular flexibility index (Phi) is 7.82. The minimum absolute atomic E-state index is 0.0368. The molecule has 17 heteroatoms. The number of aliphatic hydroxyl groups is 1. The molecule has 1 aliphatic carbocycles. The van der Waals surface area contributed by atoms with Crippen molar-refractivity contribution >= 4 is 30.8 Å². The third-order valence-electron chi connectivity index (χ3n) is 7.92. The molecule has 2 unspecified atom stereocenters. The van der Waals surface area contributed by atoms with Crippen molar-refractivity contribution in [3.8, 4) is 23.1 Å². The minimum atomic E-state index is -4.25. The highest BCUT2D eigenvalue weighted by Crippen LogP contribution is 2.62. The van der Waals surface area contributed by atoms with Gasteiger partial charge in [0.25, 0.3) is 0 Å². The second kappa shape index (κ2) is 11.3. The molecule has 0 bridgehead atoms. The molecule has 2 fully saturated rings. The van der Waals surface area contributed by atoms with E-state index < -0.39 is 37.6 Å². The van der Waals surface area contributed by atoms with Gasteiger partial charge in [-0.05, 0) is 32.9 Å². The molecule has 2 aliphatic heterocycles. The van der Waals surface area contributed by atoms with E-state index in [1.165, 1.54) is 26.2 Å². The molecule has 0 radical (unpaired) electrons. The zero-order chi connectivity index (χ0) is 31.4. The second-order valence-electron chi connectivity index (χ2n) is 11.3. The predicted octanol–water partition coefficient (Wildman–Crippen LogP) is 2.36. The quantitative estimate of drug-likeness (QED) is 0.205. The van der Waals surface area contributed by atoms with Crippen molar-refractivity contribution in [2.45, 2.75) is 70.1 Å². The molecule has 3 aliphatic rings. The lowest BCUT2D eigenvalue weighted by Crippen LogP contribution is -2.37. The van der Waals surface area contributed by atoms with E-state index in [0.29, 0.717) is 29.1 Å². The first-order chi connectivity index (χ1) is 20.9. The Balaban J connectivity index is 1.19. The van der Waals surface area contributed by atoms with Gasteiger partial charge < -0.3 is 43.6 Å². The fourth-order valence-corrected chi connectivity index (χ4v) is 7.12. The van der Waals surface area contributed by atoms with Crippen LogP contribution in [0, 0.1) is 5.92 Å². The Bertz CT molecular complexity index is 1620. The molecule has 44 heavy (non-hydrogen) atoms. The fourth-order valence-electron chi connectivity index (χ4n) is 5.63. The van der Waals surface area contributed by atoms with Gasteiger partial charge in [0.1, 0.15) is 17.9 Å². The van der Waals surface area contributed by atoms with Crippen LogP contribution in [0.1, 0.15) is 40.2 Å². The molecular formula is C27H35N6O10P. The Morgan fingerprint density at radius 1 is 1.27 bits per heavy atom. The Labute approximate surface area is 252 Å². The van der Waals surface area contributed by atoms with Crippen LogP contribution in [-0.4, -0.2) is 81.1 Å². The van der Waals surface area contributed by atoms with Gasteiger partial charge in [0.15, 0.2) is 22.7 Å². The number of benzene rings is 1. The third-order valence-corrected chi connectivity index (χ3v) is 9.57. The molecule has 4 heterocycles. The number of carbonyl (C=O) groups excluding carboxylic acids is 1. The van der Waals surface area contributed by atoms with Crippen LogP contribution in [0.5, 0.6) is 23.1 Å². The third kappa shape index (κ3) is 5.52. The second-order valence-corrected chi connectivity index (χ2v) is 13.0. The Morgan fingerprint density at radius 3 is 2.80 bits per heavy atom. The number of nitrogens with one attached hydrogen (secondary N) is 1. The summed E-state index contributed by atoms with van der Waals surface area (Å²) >= 11 is 0. The summed E-state index contributed by atoms with van der Waals surface area (Å²) in [7, 11) is -2.78. The maximum absolute atomic E-state index is 14.1. The molecule has 1 saturated carbocycles. The van der Waals surface area contributed by atoms with Gasteiger partial charge in [-0.1, -0.05) is 6.92 Å². The average Bonchev–Trinajstić information content (AvgIpc) is 3.23. The molecular weight excluding hydrogens is 599 g/mol. The number of anilines is 1. The highest BCUT2D eigenvalue weighted by Gasteiger charge is 2.68. The minimum Gasteiger partial charge on any atom is -0.479 e. The summed E-state index contributed by atoms with van der Waals surface area (Å²) in [5.74, 6) is 0.383. The largest absolute Gasteiger partial charge is 0.479 e. The average molecular weight is 635 g/mol. The van der Waals surface area contributed by atoms with Crippen LogP contribution in [0.3, 0.4) is 0 Å². The van der Waals surface area contributed by atoms with Gasteiger partial charge in [-0.15, -0.1) is 0 Å². The molecule has 7 atom stereocenters. The molecule has 6 rings (SSSR count). The molecule has 3 aromatic rings. The Morgan fingerprint density at radius 2 is 2.05 bits per heavy atom. The number of fused-ring (bicyclic) bond motifs is 2. The van der Waals surface area contributed by atoms with Crippen LogP contribution < -0.4 is 29.6 Å². The normalized spacial score (nSPS) is 27.4. The molecule has 1 spiro atoms. The first-order valence-electron chi connectivity index (χ1n) is 14.1. The maximum atomic E-state index is 14.1. The number of nitrogens with zero attached hydrogens (tertiary/aromatic N) is 4. The van der Waals surface area contributed by atoms with Crippen molar-refractivity contribution in [3.63, 3.8) is 0 Å². The van der Waals surface area contributed by atoms with Crippen molar-refractivity contribution in [1.82, 2.24) is 24.6 Å². The van der Waals surface area contributed by atoms with Crippen LogP contribution in [0.4, 0.5) is 5.95 Å². The van der Waals surface area contributed by atoms with Crippen molar-refractivity contribution in [2.75, 3.05) is 26.2 Å². The summed E-state index contributed by atoms with van der Waals surface area (Å²) in [6.45, 7) is 6.50. The van der Waals surface area contributed by atoms with E-state index in [1.54, 1.807) is 26.2 Å². The molecule has 1 saturated heterocycles. The number of methoxy groups -OCH3 is 1. The van der Waals surface area contributed by atoms with E-state index in [2.05, 4.69) is 20.0 Å². The first-order valence-corrected chi connectivity index (χ1v) is 15.7. The van der Waals surface area contributed by atoms with Crippen molar-refractivity contribution in [1.29, 1.82) is 0 Å². The summed E-state index contributed by atoms with van der Waals surface area (Å²) in [6, 6.07) is 3.38. The van der Waals surface area contributed by atoms with Gasteiger partial charge >= 0.3 is 13.7 Å². The number of aromatic nitrogens is 4. The van der Waals surface area contributed by atoms with Crippen molar-refractivity contribution < 1.29 is 47.2 Å². The number of carbonyl (C=O) groups is 1. The van der Waals surface area contributed by atoms with Crippen molar-refractivity contribution in [3.05, 3.63) is 24.5 Å². The zero-order valence-corrected chi connectivity index (χ0v) is 25.7. The smallest absolute Gasteiger partial charge is 0.459 e. The number of rotatable bonds is 11. The number of aliphatic hydroxyl groups excluding tert-OH is 1. The van der Waals surface area contributed by atoms with Gasteiger partial charge in [0.2, 0.25) is 18.6 Å². The fraction of sp³-hybridized carbons (Fsp3) is 0.556. The van der Waals surface area contributed by atoms with E-state index in [0.717, 1.165) is 0 Å². The molecule has 1 aromatic carbocycles. The number of nitrogen functional groups attached to an aromatic ring is 1. The van der Waals surface area contributed by atoms with E-state index in [9.17, 15) is 14.5 Å². The van der Waals surface area contributed by atoms with Crippen LogP contribution in [0.2, 0.25) is 0 Å². The standard InChI is InChI=1S/C27H35N6O10P/c1-13(2)41-25(35)15(4)32-44(36,43-16-6-7-17-18(8-16)39-12-38-17)40-10-19-22(34)14(3)27(42-19)9-20(27)33-11-29-21-23(33)30-26(28)31-24(21)37-5/h6-8,11,13-15,19-20,22,34H,9-10,12H2,1-5H3,(H,32,36)(H2,28,30,31)/t14-,15+,19?,20+,22+,27?,44-/m1/s1. The van der Waals surface area contributed by atoms with Gasteiger partial charge in [-0.3, -0.25) is 9.32 Å². The topological polar surface area (TPSA) is 201 Å². The van der Waals surface area contributed by atoms with E-state index in [1.807, 2.05) is 11.5 Å². The molecule has 2 aromatic heterocycles. The summed E-state index contributed by atoms with van der Waals surface area (Å²) in [6.07, 6.45) is -0.0494. The van der Waals surface area contributed by atoms with E-state index in [-0.39, 0.29) is 49.0 Å². The summed E-state index contributed by atoms with van der Waals surface area (Å²) in [5, 5.41) is 13.8. The predicted molar refractivity (Wildman–Crippen MR) is 153 cm³/mol. The van der Waals surface area contributed by atoms with Crippen LogP contribution >= 0.6 is 7.75 Å². The van der Waals surface area contributed by atoms with Gasteiger partial charge in [0.05, 0.1) is 43.9 Å². The van der Waals surface area contributed by atoms with Crippen LogP contribution in [-0.2, 0) is 23.4 Å². The maximum Gasteiger partial charge on any atom is 0.459 e. The lowest BCUT2D eigenvalue weighted by atomic mass is 9.96. The van der Waals surface area contributed by atoms with Crippen molar-refractivity contribution in [2.24, 2.45) is 5.92 Å². The highest BCUT2D eigenvalue weighted by atomic mass is 31.2. The molecule has 4 N–H and O–H groups in total.